The van der Waals surface area contributed by atoms with E-state index in [4.69, 9.17) is 0 Å². The number of benzene rings is 2. The second-order valence-electron chi connectivity index (χ2n) is 5.90. The number of urea groups is 1. The lowest BCUT2D eigenvalue weighted by Gasteiger charge is -2.08. The third kappa shape index (κ3) is 4.84. The fourth-order valence-corrected chi connectivity index (χ4v) is 3.92. The molecule has 0 radical (unpaired) electrons. The first-order valence-electron chi connectivity index (χ1n) is 8.58. The molecule has 29 heavy (non-hydrogen) atoms. The maximum atomic E-state index is 12.4. The summed E-state index contributed by atoms with van der Waals surface area (Å²) in [5, 5.41) is 21.4. The molecule has 0 spiro atoms. The van der Waals surface area contributed by atoms with Crippen LogP contribution in [0.2, 0.25) is 0 Å². The highest BCUT2D eigenvalue weighted by molar-refractivity contribution is 7.19. The Labute approximate surface area is 174 Å². The van der Waals surface area contributed by atoms with Crippen LogP contribution in [0.25, 0.3) is 10.6 Å². The van der Waals surface area contributed by atoms with Crippen LogP contribution in [0.3, 0.4) is 0 Å². The number of nitrogens with zero attached hydrogens (tertiary/aromatic N) is 2. The van der Waals surface area contributed by atoms with Gasteiger partial charge in [0.05, 0.1) is 0 Å². The van der Waals surface area contributed by atoms with Gasteiger partial charge in [0.2, 0.25) is 5.13 Å². The minimum absolute atomic E-state index is 0.293. The SMILES string of the molecule is O=C(Nc1ccccc1)Nc1ccc(C(=O)Nc2nnc(-c3ccsc3)s2)cc1. The Kier molecular flexibility index (Phi) is 5.59. The molecule has 4 rings (SSSR count). The maximum Gasteiger partial charge on any atom is 0.323 e. The molecule has 3 amide bonds. The van der Waals surface area contributed by atoms with Crippen molar-refractivity contribution in [3.8, 4) is 10.6 Å². The van der Waals surface area contributed by atoms with Crippen LogP contribution in [0, 0.1) is 0 Å². The molecule has 7 nitrogen and oxygen atoms in total. The van der Waals surface area contributed by atoms with E-state index in [1.54, 1.807) is 47.7 Å². The minimum atomic E-state index is -0.358. The standard InChI is InChI=1S/C20H15N5O2S2/c26-17(23-20-25-24-18(29-20)14-10-11-28-12-14)13-6-8-16(9-7-13)22-19(27)21-15-4-2-1-3-5-15/h1-12H,(H2,21,22,27)(H,23,25,26). The second-order valence-corrected chi connectivity index (χ2v) is 7.66. The summed E-state index contributed by atoms with van der Waals surface area (Å²) in [6.45, 7) is 0. The highest BCUT2D eigenvalue weighted by Gasteiger charge is 2.12. The van der Waals surface area contributed by atoms with Gasteiger partial charge in [-0.05, 0) is 47.8 Å². The van der Waals surface area contributed by atoms with E-state index in [-0.39, 0.29) is 11.9 Å². The quantitative estimate of drug-likeness (QED) is 0.415. The van der Waals surface area contributed by atoms with Crippen molar-refractivity contribution in [1.29, 1.82) is 0 Å². The first-order chi connectivity index (χ1) is 14.2. The highest BCUT2D eigenvalue weighted by atomic mass is 32.1. The Morgan fingerprint density at radius 1 is 0.793 bits per heavy atom. The van der Waals surface area contributed by atoms with Crippen molar-refractivity contribution in [1.82, 2.24) is 10.2 Å². The molecule has 3 N–H and O–H groups in total. The van der Waals surface area contributed by atoms with Crippen LogP contribution in [-0.2, 0) is 0 Å². The molecule has 4 aromatic rings. The zero-order chi connectivity index (χ0) is 20.1. The molecular weight excluding hydrogens is 406 g/mol. The molecule has 0 fully saturated rings. The molecule has 0 bridgehead atoms. The Hall–Kier alpha value is -3.56. The number of carbonyl (C=O) groups excluding carboxylic acids is 2. The minimum Gasteiger partial charge on any atom is -0.308 e. The molecule has 9 heteroatoms. The molecule has 2 aromatic heterocycles. The summed E-state index contributed by atoms with van der Waals surface area (Å²) >= 11 is 2.89. The number of hydrogen-bond donors (Lipinski definition) is 3. The number of nitrogens with one attached hydrogen (secondary N) is 3. The van der Waals surface area contributed by atoms with E-state index in [2.05, 4.69) is 26.1 Å². The van der Waals surface area contributed by atoms with Crippen LogP contribution in [0.5, 0.6) is 0 Å². The van der Waals surface area contributed by atoms with E-state index in [1.165, 1.54) is 11.3 Å². The van der Waals surface area contributed by atoms with E-state index in [9.17, 15) is 9.59 Å². The van der Waals surface area contributed by atoms with Gasteiger partial charge in [-0.1, -0.05) is 29.5 Å². The van der Waals surface area contributed by atoms with Crippen molar-refractivity contribution < 1.29 is 9.59 Å². The molecule has 2 aromatic carbocycles. The van der Waals surface area contributed by atoms with E-state index in [0.717, 1.165) is 10.6 Å². The van der Waals surface area contributed by atoms with Crippen LogP contribution in [0.1, 0.15) is 10.4 Å². The lowest BCUT2D eigenvalue weighted by Crippen LogP contribution is -2.19. The molecule has 144 valence electrons. The first kappa shape index (κ1) is 18.8. The third-order valence-electron chi connectivity index (χ3n) is 3.85. The normalized spacial score (nSPS) is 10.3. The summed E-state index contributed by atoms with van der Waals surface area (Å²) in [6, 6.07) is 17.3. The van der Waals surface area contributed by atoms with Crippen molar-refractivity contribution in [2.24, 2.45) is 0 Å². The van der Waals surface area contributed by atoms with Crippen LogP contribution in [-0.4, -0.2) is 22.1 Å². The molecule has 0 saturated carbocycles. The number of rotatable bonds is 5. The van der Waals surface area contributed by atoms with Crippen molar-refractivity contribution >= 4 is 51.1 Å². The van der Waals surface area contributed by atoms with Crippen LogP contribution in [0.4, 0.5) is 21.3 Å². The highest BCUT2D eigenvalue weighted by Crippen LogP contribution is 2.28. The summed E-state index contributed by atoms with van der Waals surface area (Å²) in [5.41, 5.74) is 2.70. The van der Waals surface area contributed by atoms with Crippen molar-refractivity contribution in [2.75, 3.05) is 16.0 Å². The lowest BCUT2D eigenvalue weighted by atomic mass is 10.2. The molecule has 0 unspecified atom stereocenters. The van der Waals surface area contributed by atoms with E-state index < -0.39 is 0 Å². The lowest BCUT2D eigenvalue weighted by molar-refractivity contribution is 0.102. The van der Waals surface area contributed by atoms with Gasteiger partial charge in [0.15, 0.2) is 0 Å². The van der Waals surface area contributed by atoms with Crippen molar-refractivity contribution in [3.63, 3.8) is 0 Å². The van der Waals surface area contributed by atoms with Gasteiger partial charge in [0, 0.05) is 27.9 Å². The van der Waals surface area contributed by atoms with Gasteiger partial charge in [0.1, 0.15) is 5.01 Å². The first-order valence-corrected chi connectivity index (χ1v) is 10.3. The van der Waals surface area contributed by atoms with Crippen LogP contribution >= 0.6 is 22.7 Å². The van der Waals surface area contributed by atoms with Gasteiger partial charge < -0.3 is 10.6 Å². The topological polar surface area (TPSA) is 96.0 Å². The second kappa shape index (κ2) is 8.63. The van der Waals surface area contributed by atoms with Crippen molar-refractivity contribution in [3.05, 3.63) is 77.0 Å². The van der Waals surface area contributed by atoms with Crippen LogP contribution < -0.4 is 16.0 Å². The molecule has 0 aliphatic heterocycles. The molecule has 2 heterocycles. The summed E-state index contributed by atoms with van der Waals surface area (Å²) < 4.78 is 0. The molecule has 0 aliphatic carbocycles. The fourth-order valence-electron chi connectivity index (χ4n) is 2.47. The maximum absolute atomic E-state index is 12.4. The zero-order valence-electron chi connectivity index (χ0n) is 15.0. The number of thiophene rings is 1. The van der Waals surface area contributed by atoms with Gasteiger partial charge in [-0.2, -0.15) is 11.3 Å². The van der Waals surface area contributed by atoms with E-state index >= 15 is 0 Å². The molecule has 0 saturated heterocycles. The van der Waals surface area contributed by atoms with Gasteiger partial charge >= 0.3 is 6.03 Å². The Morgan fingerprint density at radius 3 is 2.21 bits per heavy atom. The number of carbonyl (C=O) groups is 2. The van der Waals surface area contributed by atoms with Crippen molar-refractivity contribution in [2.45, 2.75) is 0 Å². The summed E-state index contributed by atoms with van der Waals surface area (Å²) in [5.74, 6) is -0.293. The average molecular weight is 422 g/mol. The van der Waals surface area contributed by atoms with Gasteiger partial charge in [-0.15, -0.1) is 10.2 Å². The van der Waals surface area contributed by atoms with E-state index in [0.29, 0.717) is 22.1 Å². The molecule has 0 atom stereocenters. The largest absolute Gasteiger partial charge is 0.323 e. The fraction of sp³-hybridized carbons (Fsp3) is 0. The van der Waals surface area contributed by atoms with Gasteiger partial charge in [0.25, 0.3) is 5.91 Å². The molecule has 0 aliphatic rings. The van der Waals surface area contributed by atoms with Crippen LogP contribution in [0.15, 0.2) is 71.4 Å². The summed E-state index contributed by atoms with van der Waals surface area (Å²) in [4.78, 5) is 24.4. The average Bonchev–Trinajstić information content (AvgIpc) is 3.41. The molecular formula is C20H15N5O2S2. The number of para-hydroxylation sites is 1. The predicted molar refractivity (Wildman–Crippen MR) is 117 cm³/mol. The Morgan fingerprint density at radius 2 is 1.52 bits per heavy atom. The number of anilines is 3. The van der Waals surface area contributed by atoms with Gasteiger partial charge in [-0.3, -0.25) is 10.1 Å². The monoisotopic (exact) mass is 421 g/mol. The predicted octanol–water partition coefficient (Wildman–Crippen LogP) is 5.16. The Bertz CT molecular complexity index is 1110. The number of amides is 3. The number of aromatic nitrogens is 2. The number of hydrogen-bond acceptors (Lipinski definition) is 6. The van der Waals surface area contributed by atoms with Gasteiger partial charge in [-0.25, -0.2) is 4.79 Å². The smallest absolute Gasteiger partial charge is 0.308 e. The Balaban J connectivity index is 1.35. The van der Waals surface area contributed by atoms with E-state index in [1.807, 2.05) is 35.0 Å². The zero-order valence-corrected chi connectivity index (χ0v) is 16.6. The third-order valence-corrected chi connectivity index (χ3v) is 5.42. The summed E-state index contributed by atoms with van der Waals surface area (Å²) in [7, 11) is 0. The summed E-state index contributed by atoms with van der Waals surface area (Å²) in [6.07, 6.45) is 0.